The summed E-state index contributed by atoms with van der Waals surface area (Å²) in [5.74, 6) is 3.32. The predicted molar refractivity (Wildman–Crippen MR) is 359 cm³/mol. The van der Waals surface area contributed by atoms with Gasteiger partial charge >= 0.3 is 0 Å². The van der Waals surface area contributed by atoms with Crippen LogP contribution in [0.1, 0.15) is 0 Å². The van der Waals surface area contributed by atoms with E-state index in [1.165, 1.54) is 132 Å². The quantitative estimate of drug-likeness (QED) is 0.161. The molecule has 0 saturated carbocycles. The molecule has 0 unspecified atom stereocenters. The Morgan fingerprint density at radius 2 is 0.571 bits per heavy atom. The minimum Gasteiger partial charge on any atom is -0.453 e. The molecule has 0 atom stereocenters. The molecule has 0 radical (unpaired) electrons. The van der Waals surface area contributed by atoms with Crippen LogP contribution in [0.2, 0.25) is 0 Å². The summed E-state index contributed by atoms with van der Waals surface area (Å²) < 4.78 is 19.0. The molecule has 388 valence electrons. The van der Waals surface area contributed by atoms with E-state index in [1.54, 1.807) is 0 Å². The lowest BCUT2D eigenvalue weighted by molar-refractivity contribution is 0.477. The Morgan fingerprint density at radius 3 is 1.15 bits per heavy atom. The van der Waals surface area contributed by atoms with Crippen LogP contribution in [0.15, 0.2) is 255 Å². The van der Waals surface area contributed by atoms with E-state index in [0.29, 0.717) is 0 Å². The highest BCUT2D eigenvalue weighted by Crippen LogP contribution is 2.58. The van der Waals surface area contributed by atoms with Gasteiger partial charge in [0.25, 0.3) is 0 Å². The molecule has 84 heavy (non-hydrogen) atoms. The maximum absolute atomic E-state index is 7.04. The van der Waals surface area contributed by atoms with Crippen LogP contribution >= 0.6 is 22.7 Å². The van der Waals surface area contributed by atoms with Gasteiger partial charge in [-0.05, 0) is 159 Å². The molecule has 0 N–H and O–H groups in total. The molecule has 2 aliphatic rings. The predicted octanol–water partition coefficient (Wildman–Crippen LogP) is 24.0. The second-order valence-corrected chi connectivity index (χ2v) is 24.8. The number of anilines is 6. The lowest BCUT2D eigenvalue weighted by Crippen LogP contribution is -2.16. The Bertz CT molecular complexity index is 6040. The molecule has 18 aromatic rings. The van der Waals surface area contributed by atoms with Crippen LogP contribution in [0.25, 0.3) is 137 Å². The van der Waals surface area contributed by atoms with Crippen molar-refractivity contribution < 1.29 is 9.47 Å². The van der Waals surface area contributed by atoms with Gasteiger partial charge in [0.05, 0.1) is 34.1 Å². The lowest BCUT2D eigenvalue weighted by atomic mass is 9.93. The van der Waals surface area contributed by atoms with Crippen molar-refractivity contribution in [3.8, 4) is 23.0 Å². The SMILES string of the molecule is c1ccc2c(c1)Oc1cc3c(cc1N2c1cc2c4cccc(N5c6ccccc6Oc6cc7c(cc65)sc5ccc6c8ccc9ccccc9c8ccc6c57)c4ccc2c2ccccc12)sc1ccc2c4ccc5ccccc5c4ccc2c13. The van der Waals surface area contributed by atoms with Gasteiger partial charge in [-0.2, -0.15) is 0 Å². The summed E-state index contributed by atoms with van der Waals surface area (Å²) in [7, 11) is 0. The van der Waals surface area contributed by atoms with Gasteiger partial charge in [0.15, 0.2) is 23.0 Å². The molecule has 0 fully saturated rings. The first-order valence-electron chi connectivity index (χ1n) is 28.6. The number of para-hydroxylation sites is 4. The van der Waals surface area contributed by atoms with Gasteiger partial charge in [-0.15, -0.1) is 22.7 Å². The summed E-state index contributed by atoms with van der Waals surface area (Å²) in [6.45, 7) is 0. The zero-order valence-corrected chi connectivity index (χ0v) is 46.4. The first-order valence-corrected chi connectivity index (χ1v) is 30.2. The smallest absolute Gasteiger partial charge is 0.152 e. The summed E-state index contributed by atoms with van der Waals surface area (Å²) in [4.78, 5) is 4.89. The maximum Gasteiger partial charge on any atom is 0.152 e. The van der Waals surface area contributed by atoms with Crippen molar-refractivity contribution in [3.63, 3.8) is 0 Å². The van der Waals surface area contributed by atoms with Crippen molar-refractivity contribution in [1.82, 2.24) is 0 Å². The number of rotatable bonds is 2. The van der Waals surface area contributed by atoms with Crippen LogP contribution in [0.4, 0.5) is 34.1 Å². The van der Waals surface area contributed by atoms with E-state index in [4.69, 9.17) is 9.47 Å². The Labute approximate surface area is 488 Å². The Balaban J connectivity index is 0.777. The van der Waals surface area contributed by atoms with E-state index in [0.717, 1.165) is 62.5 Å². The van der Waals surface area contributed by atoms with Crippen LogP contribution in [0, 0.1) is 0 Å². The number of ether oxygens (including phenoxy) is 2. The first-order chi connectivity index (χ1) is 41.6. The minimum absolute atomic E-state index is 0.823. The Morgan fingerprint density at radius 1 is 0.202 bits per heavy atom. The minimum atomic E-state index is 0.823. The third-order valence-corrected chi connectivity index (χ3v) is 20.6. The fourth-order valence-corrected chi connectivity index (χ4v) is 16.9. The molecular formula is C78H42N2O2S2. The molecule has 2 aromatic heterocycles. The highest BCUT2D eigenvalue weighted by atomic mass is 32.1. The van der Waals surface area contributed by atoms with E-state index in [1.807, 2.05) is 22.7 Å². The molecule has 4 heterocycles. The van der Waals surface area contributed by atoms with Gasteiger partial charge in [0, 0.05) is 51.1 Å². The summed E-state index contributed by atoms with van der Waals surface area (Å²) in [5.41, 5.74) is 6.23. The zero-order valence-electron chi connectivity index (χ0n) is 44.8. The number of fused-ring (bicyclic) bond motifs is 27. The van der Waals surface area contributed by atoms with E-state index < -0.39 is 0 Å². The van der Waals surface area contributed by atoms with Gasteiger partial charge in [0.1, 0.15) is 0 Å². The monoisotopic (exact) mass is 1100 g/mol. The molecule has 0 spiro atoms. The van der Waals surface area contributed by atoms with Crippen LogP contribution in [-0.2, 0) is 0 Å². The molecule has 20 rings (SSSR count). The lowest BCUT2D eigenvalue weighted by Gasteiger charge is -2.34. The number of hydrogen-bond acceptors (Lipinski definition) is 6. The van der Waals surface area contributed by atoms with Crippen LogP contribution in [0.3, 0.4) is 0 Å². The molecule has 16 aromatic carbocycles. The third-order valence-electron chi connectivity index (χ3n) is 18.3. The average Bonchev–Trinajstić information content (AvgIpc) is 1.86. The standard InChI is InChI=1S/C78H42N2O2S2/c1-3-14-45-43(12-1)24-26-51-49(45)29-32-58-53(51)34-36-73-77(58)61-39-71-67(41-75(61)83-73)79(64-19-7-9-22-69(64)81-71)63-21-11-18-48-57(63)31-28-55-47-16-5-6-17-56(47)66(38-60(48)55)80-65-20-8-10-23-70(65)82-72-40-62-76(42-68(72)80)84-74-37-35-54-52-27-25-44-13-2-4-15-46(44)50(52)30-33-59(54)78(62)74/h1-42H. The number of thiophene rings is 2. The fraction of sp³-hybridized carbons (Fsp3) is 0. The largest absolute Gasteiger partial charge is 0.453 e. The number of benzene rings is 16. The Kier molecular flexibility index (Phi) is 8.91. The molecule has 0 saturated heterocycles. The summed E-state index contributed by atoms with van der Waals surface area (Å²) in [6.07, 6.45) is 0. The van der Waals surface area contributed by atoms with E-state index >= 15 is 0 Å². The van der Waals surface area contributed by atoms with E-state index in [-0.39, 0.29) is 0 Å². The molecular weight excluding hydrogens is 1060 g/mol. The average molecular weight is 1100 g/mol. The highest BCUT2D eigenvalue weighted by molar-refractivity contribution is 7.26. The van der Waals surface area contributed by atoms with Crippen molar-refractivity contribution in [2.45, 2.75) is 0 Å². The van der Waals surface area contributed by atoms with E-state index in [2.05, 4.69) is 265 Å². The molecule has 0 amide bonds. The van der Waals surface area contributed by atoms with Gasteiger partial charge in [0.2, 0.25) is 0 Å². The van der Waals surface area contributed by atoms with Gasteiger partial charge in [-0.1, -0.05) is 182 Å². The first kappa shape index (κ1) is 45.2. The summed E-state index contributed by atoms with van der Waals surface area (Å²) in [6, 6.07) is 94.3. The number of nitrogens with zero attached hydrogens (tertiary/aromatic N) is 2. The molecule has 0 aliphatic carbocycles. The number of hydrogen-bond donors (Lipinski definition) is 0. The van der Waals surface area contributed by atoms with Crippen molar-refractivity contribution in [1.29, 1.82) is 0 Å². The van der Waals surface area contributed by atoms with Gasteiger partial charge in [-0.25, -0.2) is 0 Å². The molecule has 4 nitrogen and oxygen atoms in total. The third kappa shape index (κ3) is 6.09. The fourth-order valence-electron chi connectivity index (χ4n) is 14.7. The second kappa shape index (κ2) is 16.6. The van der Waals surface area contributed by atoms with Crippen molar-refractivity contribution >= 4 is 194 Å². The van der Waals surface area contributed by atoms with Crippen LogP contribution < -0.4 is 19.3 Å². The molecule has 2 aliphatic heterocycles. The van der Waals surface area contributed by atoms with Crippen molar-refractivity contribution in [2.24, 2.45) is 0 Å². The Hall–Kier alpha value is -10.5. The second-order valence-electron chi connectivity index (χ2n) is 22.6. The molecule has 0 bridgehead atoms. The van der Waals surface area contributed by atoms with Gasteiger partial charge in [-0.3, -0.25) is 0 Å². The summed E-state index contributed by atoms with van der Waals surface area (Å²) >= 11 is 3.71. The van der Waals surface area contributed by atoms with Crippen molar-refractivity contribution in [3.05, 3.63) is 255 Å². The van der Waals surface area contributed by atoms with Gasteiger partial charge < -0.3 is 19.3 Å². The molecule has 6 heteroatoms. The zero-order chi connectivity index (χ0) is 54.5. The summed E-state index contributed by atoms with van der Waals surface area (Å²) in [5, 5.41) is 27.3. The van der Waals surface area contributed by atoms with Crippen molar-refractivity contribution in [2.75, 3.05) is 9.80 Å². The normalized spacial score (nSPS) is 13.1. The van der Waals surface area contributed by atoms with E-state index in [9.17, 15) is 0 Å². The maximum atomic E-state index is 7.04. The topological polar surface area (TPSA) is 24.9 Å². The highest BCUT2D eigenvalue weighted by Gasteiger charge is 2.32. The van der Waals surface area contributed by atoms with Crippen LogP contribution in [-0.4, -0.2) is 0 Å². The van der Waals surface area contributed by atoms with Crippen LogP contribution in [0.5, 0.6) is 23.0 Å².